The summed E-state index contributed by atoms with van der Waals surface area (Å²) in [7, 11) is 0. The average molecular weight is 425 g/mol. The van der Waals surface area contributed by atoms with E-state index in [-0.39, 0.29) is 29.5 Å². The van der Waals surface area contributed by atoms with E-state index in [4.69, 9.17) is 4.98 Å². The van der Waals surface area contributed by atoms with Gasteiger partial charge < -0.3 is 9.88 Å². The van der Waals surface area contributed by atoms with E-state index < -0.39 is 5.82 Å². The van der Waals surface area contributed by atoms with E-state index in [9.17, 15) is 14.0 Å². The number of H-pyrrole nitrogens is 1. The first-order valence-electron chi connectivity index (χ1n) is 11.5. The molecule has 3 heterocycles. The second-order valence-corrected chi connectivity index (χ2v) is 9.11. The van der Waals surface area contributed by atoms with Crippen LogP contribution in [0.15, 0.2) is 29.1 Å². The van der Waals surface area contributed by atoms with Crippen molar-refractivity contribution in [3.05, 3.63) is 63.1 Å². The van der Waals surface area contributed by atoms with Crippen LogP contribution in [-0.4, -0.2) is 51.4 Å². The van der Waals surface area contributed by atoms with Gasteiger partial charge >= 0.3 is 0 Å². The zero-order chi connectivity index (χ0) is 21.4. The van der Waals surface area contributed by atoms with Gasteiger partial charge in [0.05, 0.1) is 17.8 Å². The molecule has 1 unspecified atom stereocenters. The molecule has 1 aromatic heterocycles. The molecule has 1 N–H and O–H groups in total. The number of halogens is 1. The fourth-order valence-electron chi connectivity index (χ4n) is 5.42. The van der Waals surface area contributed by atoms with Gasteiger partial charge in [-0.1, -0.05) is 31.4 Å². The molecule has 3 aliphatic rings. The Morgan fingerprint density at radius 3 is 2.71 bits per heavy atom. The standard InChI is InChI=1S/C24H29FN4O2/c25-20-9-5-4-8-18(20)24(31)29-13-11-19-21(15-29)26-22(27-23(19)30)16-10-12-28(14-16)17-6-2-1-3-7-17/h4-5,8-9,16-17H,1-3,6-7,10-15H2,(H,26,27,30). The van der Waals surface area contributed by atoms with Gasteiger partial charge in [-0.25, -0.2) is 9.37 Å². The van der Waals surface area contributed by atoms with Crippen LogP contribution in [-0.2, 0) is 13.0 Å². The summed E-state index contributed by atoms with van der Waals surface area (Å²) in [6.45, 7) is 2.62. The Labute approximate surface area is 181 Å². The lowest BCUT2D eigenvalue weighted by Gasteiger charge is -2.31. The highest BCUT2D eigenvalue weighted by Gasteiger charge is 2.33. The summed E-state index contributed by atoms with van der Waals surface area (Å²) in [6, 6.07) is 6.69. The Balaban J connectivity index is 1.34. The van der Waals surface area contributed by atoms with E-state index in [1.807, 2.05) is 0 Å². The Morgan fingerprint density at radius 1 is 1.10 bits per heavy atom. The molecule has 6 nitrogen and oxygen atoms in total. The van der Waals surface area contributed by atoms with E-state index in [1.54, 1.807) is 17.0 Å². The zero-order valence-electron chi connectivity index (χ0n) is 17.8. The monoisotopic (exact) mass is 424 g/mol. The second-order valence-electron chi connectivity index (χ2n) is 9.11. The summed E-state index contributed by atoms with van der Waals surface area (Å²) in [6.07, 6.45) is 7.95. The quantitative estimate of drug-likeness (QED) is 0.821. The van der Waals surface area contributed by atoms with Crippen molar-refractivity contribution in [2.75, 3.05) is 19.6 Å². The minimum atomic E-state index is -0.522. The lowest BCUT2D eigenvalue weighted by molar-refractivity contribution is 0.0726. The Bertz CT molecular complexity index is 1030. The van der Waals surface area contributed by atoms with Crippen molar-refractivity contribution < 1.29 is 9.18 Å². The van der Waals surface area contributed by atoms with Crippen LogP contribution in [0.25, 0.3) is 0 Å². The summed E-state index contributed by atoms with van der Waals surface area (Å²) in [4.78, 5) is 37.6. The number of carbonyl (C=O) groups is 1. The van der Waals surface area contributed by atoms with Gasteiger partial charge in [-0.05, 0) is 44.4 Å². The first kappa shape index (κ1) is 20.4. The predicted octanol–water partition coefficient (Wildman–Crippen LogP) is 3.23. The summed E-state index contributed by atoms with van der Waals surface area (Å²) in [5, 5.41) is 0. The fourth-order valence-corrected chi connectivity index (χ4v) is 5.42. The van der Waals surface area contributed by atoms with E-state index in [1.165, 1.54) is 44.2 Å². The molecule has 1 aliphatic carbocycles. The van der Waals surface area contributed by atoms with Crippen molar-refractivity contribution in [3.63, 3.8) is 0 Å². The number of nitrogens with zero attached hydrogens (tertiary/aromatic N) is 3. The van der Waals surface area contributed by atoms with Gasteiger partial charge in [0.15, 0.2) is 0 Å². The van der Waals surface area contributed by atoms with Crippen molar-refractivity contribution >= 4 is 5.91 Å². The molecule has 2 fully saturated rings. The van der Waals surface area contributed by atoms with E-state index in [0.29, 0.717) is 30.3 Å². The summed E-state index contributed by atoms with van der Waals surface area (Å²) >= 11 is 0. The van der Waals surface area contributed by atoms with Crippen molar-refractivity contribution in [3.8, 4) is 0 Å². The SMILES string of the molecule is O=C(c1ccccc1F)N1CCc2c(nc(C3CCN(C4CCCCC4)C3)[nH]c2=O)C1. The molecule has 1 atom stereocenters. The molecule has 5 rings (SSSR count). The molecule has 31 heavy (non-hydrogen) atoms. The first-order chi connectivity index (χ1) is 15.1. The van der Waals surface area contributed by atoms with Crippen LogP contribution in [0.4, 0.5) is 4.39 Å². The minimum Gasteiger partial charge on any atom is -0.332 e. The predicted molar refractivity (Wildman–Crippen MR) is 116 cm³/mol. The zero-order valence-corrected chi connectivity index (χ0v) is 17.8. The molecule has 1 saturated carbocycles. The lowest BCUT2D eigenvalue weighted by Crippen LogP contribution is -2.40. The lowest BCUT2D eigenvalue weighted by atomic mass is 9.94. The highest BCUT2D eigenvalue weighted by Crippen LogP contribution is 2.31. The van der Waals surface area contributed by atoms with Crippen LogP contribution >= 0.6 is 0 Å². The Hall–Kier alpha value is -2.54. The smallest absolute Gasteiger partial charge is 0.257 e. The highest BCUT2D eigenvalue weighted by atomic mass is 19.1. The average Bonchev–Trinajstić information content (AvgIpc) is 3.30. The topological polar surface area (TPSA) is 69.3 Å². The molecule has 0 radical (unpaired) electrons. The third-order valence-corrected chi connectivity index (χ3v) is 7.18. The highest BCUT2D eigenvalue weighted by molar-refractivity contribution is 5.94. The van der Waals surface area contributed by atoms with Crippen molar-refractivity contribution in [2.45, 2.75) is 63.5 Å². The van der Waals surface area contributed by atoms with Crippen LogP contribution in [0.1, 0.15) is 71.9 Å². The molecule has 2 aromatic rings. The summed E-state index contributed by atoms with van der Waals surface area (Å²) < 4.78 is 14.1. The molecule has 0 spiro atoms. The molecule has 1 aromatic carbocycles. The number of carbonyl (C=O) groups excluding carboxylic acids is 1. The van der Waals surface area contributed by atoms with Crippen molar-refractivity contribution in [1.82, 2.24) is 19.8 Å². The minimum absolute atomic E-state index is 0.0648. The number of benzene rings is 1. The number of amides is 1. The molecule has 7 heteroatoms. The third kappa shape index (κ3) is 4.03. The van der Waals surface area contributed by atoms with E-state index in [0.717, 1.165) is 25.3 Å². The molecular formula is C24H29FN4O2. The molecular weight excluding hydrogens is 395 g/mol. The van der Waals surface area contributed by atoms with Gasteiger partial charge in [-0.15, -0.1) is 0 Å². The number of nitrogens with one attached hydrogen (secondary N) is 1. The van der Waals surface area contributed by atoms with E-state index in [2.05, 4.69) is 9.88 Å². The van der Waals surface area contributed by atoms with Gasteiger partial charge in [-0.2, -0.15) is 0 Å². The number of fused-ring (bicyclic) bond motifs is 1. The van der Waals surface area contributed by atoms with Crippen molar-refractivity contribution in [1.29, 1.82) is 0 Å². The fraction of sp³-hybridized carbons (Fsp3) is 0.542. The molecule has 1 saturated heterocycles. The number of aromatic nitrogens is 2. The number of likely N-dealkylation sites (tertiary alicyclic amines) is 1. The van der Waals surface area contributed by atoms with Crippen LogP contribution < -0.4 is 5.56 Å². The van der Waals surface area contributed by atoms with Gasteiger partial charge in [0.1, 0.15) is 11.6 Å². The van der Waals surface area contributed by atoms with Gasteiger partial charge in [0.2, 0.25) is 0 Å². The maximum Gasteiger partial charge on any atom is 0.257 e. The maximum absolute atomic E-state index is 14.1. The molecule has 2 aliphatic heterocycles. The Morgan fingerprint density at radius 2 is 1.90 bits per heavy atom. The largest absolute Gasteiger partial charge is 0.332 e. The van der Waals surface area contributed by atoms with Gasteiger partial charge in [0.25, 0.3) is 11.5 Å². The van der Waals surface area contributed by atoms with Crippen LogP contribution in [0, 0.1) is 5.82 Å². The maximum atomic E-state index is 14.1. The molecule has 1 amide bonds. The summed E-state index contributed by atoms with van der Waals surface area (Å²) in [5.41, 5.74) is 1.29. The first-order valence-corrected chi connectivity index (χ1v) is 11.5. The van der Waals surface area contributed by atoms with Crippen molar-refractivity contribution in [2.24, 2.45) is 0 Å². The van der Waals surface area contributed by atoms with E-state index >= 15 is 0 Å². The second kappa shape index (κ2) is 8.54. The van der Waals surface area contributed by atoms with Crippen LogP contribution in [0.5, 0.6) is 0 Å². The normalized spacial score (nSPS) is 22.5. The number of rotatable bonds is 3. The number of hydrogen-bond acceptors (Lipinski definition) is 4. The summed E-state index contributed by atoms with van der Waals surface area (Å²) in [5.74, 6) is 0.0863. The molecule has 164 valence electrons. The number of aromatic amines is 1. The number of hydrogen-bond donors (Lipinski definition) is 1. The van der Waals surface area contributed by atoms with Gasteiger partial charge in [0, 0.05) is 30.6 Å². The van der Waals surface area contributed by atoms with Crippen LogP contribution in [0.3, 0.4) is 0 Å². The third-order valence-electron chi connectivity index (χ3n) is 7.18. The Kier molecular flexibility index (Phi) is 5.61. The van der Waals surface area contributed by atoms with Crippen LogP contribution in [0.2, 0.25) is 0 Å². The molecule has 0 bridgehead atoms. The van der Waals surface area contributed by atoms with Gasteiger partial charge in [-0.3, -0.25) is 14.5 Å².